The molecule has 1 aromatic rings. The van der Waals surface area contributed by atoms with E-state index in [0.29, 0.717) is 6.10 Å². The summed E-state index contributed by atoms with van der Waals surface area (Å²) in [4.78, 5) is 0. The van der Waals surface area contributed by atoms with Gasteiger partial charge in [-0.3, -0.25) is 0 Å². The van der Waals surface area contributed by atoms with Gasteiger partial charge in [-0.15, -0.1) is 0 Å². The van der Waals surface area contributed by atoms with Crippen LogP contribution in [0.1, 0.15) is 45.1 Å². The normalized spacial score (nSPS) is 12.4. The van der Waals surface area contributed by atoms with E-state index in [1.165, 1.54) is 18.4 Å². The van der Waals surface area contributed by atoms with Gasteiger partial charge in [-0.2, -0.15) is 0 Å². The van der Waals surface area contributed by atoms with E-state index in [2.05, 4.69) is 13.8 Å². The van der Waals surface area contributed by atoms with Crippen LogP contribution in [0, 0.1) is 6.92 Å². The van der Waals surface area contributed by atoms with Gasteiger partial charge in [0, 0.05) is 0 Å². The van der Waals surface area contributed by atoms with Crippen molar-refractivity contribution in [3.8, 4) is 5.75 Å². The van der Waals surface area contributed by atoms with Crippen molar-refractivity contribution < 1.29 is 4.74 Å². The molecule has 90 valence electrons. The molecule has 0 saturated carbocycles. The molecule has 16 heavy (non-hydrogen) atoms. The molecule has 0 bridgehead atoms. The van der Waals surface area contributed by atoms with Crippen molar-refractivity contribution in [2.45, 2.75) is 52.6 Å². The second-order valence-electron chi connectivity index (χ2n) is 4.33. The maximum Gasteiger partial charge on any atom is 0.142 e. The second-order valence-corrected chi connectivity index (χ2v) is 4.33. The van der Waals surface area contributed by atoms with Crippen molar-refractivity contribution in [3.63, 3.8) is 0 Å². The summed E-state index contributed by atoms with van der Waals surface area (Å²) in [5.41, 5.74) is 7.85. The predicted octanol–water partition coefficient (Wildman–Crippen LogP) is 3.92. The van der Waals surface area contributed by atoms with Crippen LogP contribution in [0.5, 0.6) is 5.75 Å². The number of nitrogens with two attached hydrogens (primary N) is 1. The van der Waals surface area contributed by atoms with E-state index >= 15 is 0 Å². The molecular weight excluding hydrogens is 198 g/mol. The van der Waals surface area contributed by atoms with E-state index in [9.17, 15) is 0 Å². The van der Waals surface area contributed by atoms with Gasteiger partial charge in [-0.1, -0.05) is 32.8 Å². The quantitative estimate of drug-likeness (QED) is 0.739. The molecule has 2 heteroatoms. The summed E-state index contributed by atoms with van der Waals surface area (Å²) in [6.07, 6.45) is 4.87. The van der Waals surface area contributed by atoms with Gasteiger partial charge in [0.2, 0.25) is 0 Å². The highest BCUT2D eigenvalue weighted by atomic mass is 16.5. The van der Waals surface area contributed by atoms with Crippen LogP contribution in [-0.4, -0.2) is 6.10 Å². The fourth-order valence-corrected chi connectivity index (χ4v) is 1.73. The van der Waals surface area contributed by atoms with Gasteiger partial charge in [0.1, 0.15) is 5.75 Å². The van der Waals surface area contributed by atoms with E-state index in [4.69, 9.17) is 10.5 Å². The van der Waals surface area contributed by atoms with Crippen LogP contribution in [0.3, 0.4) is 0 Å². The molecule has 0 aliphatic carbocycles. The summed E-state index contributed by atoms with van der Waals surface area (Å²) in [5.74, 6) is 0.827. The van der Waals surface area contributed by atoms with Gasteiger partial charge in [-0.25, -0.2) is 0 Å². The predicted molar refractivity (Wildman–Crippen MR) is 69.8 cm³/mol. The Labute approximate surface area is 98.8 Å². The molecule has 0 aliphatic heterocycles. The first-order valence-corrected chi connectivity index (χ1v) is 6.20. The van der Waals surface area contributed by atoms with E-state index in [1.807, 2.05) is 25.1 Å². The summed E-state index contributed by atoms with van der Waals surface area (Å²) in [6, 6.07) is 5.97. The molecule has 2 N–H and O–H groups in total. The number of aryl methyl sites for hydroxylation is 1. The summed E-state index contributed by atoms with van der Waals surface area (Å²) < 4.78 is 5.93. The number of hydrogen-bond donors (Lipinski definition) is 1. The van der Waals surface area contributed by atoms with Crippen molar-refractivity contribution in [3.05, 3.63) is 23.8 Å². The molecule has 0 amide bonds. The molecule has 0 saturated heterocycles. The van der Waals surface area contributed by atoms with Crippen molar-refractivity contribution >= 4 is 5.69 Å². The number of anilines is 1. The maximum absolute atomic E-state index is 5.93. The maximum atomic E-state index is 5.93. The van der Waals surface area contributed by atoms with Crippen LogP contribution in [0.2, 0.25) is 0 Å². The fourth-order valence-electron chi connectivity index (χ4n) is 1.73. The first kappa shape index (κ1) is 12.9. The Balaban J connectivity index is 2.62. The number of benzene rings is 1. The van der Waals surface area contributed by atoms with E-state index in [0.717, 1.165) is 24.3 Å². The zero-order valence-electron chi connectivity index (χ0n) is 10.6. The largest absolute Gasteiger partial charge is 0.488 e. The molecule has 2 nitrogen and oxygen atoms in total. The molecule has 0 aromatic heterocycles. The molecule has 0 radical (unpaired) electrons. The van der Waals surface area contributed by atoms with Crippen LogP contribution in [0.4, 0.5) is 5.69 Å². The SMILES string of the molecule is CCCCC(CC)Oc1ccc(C)cc1N. The van der Waals surface area contributed by atoms with Gasteiger partial charge in [0.25, 0.3) is 0 Å². The van der Waals surface area contributed by atoms with Gasteiger partial charge in [0.05, 0.1) is 11.8 Å². The number of ether oxygens (including phenoxy) is 1. The number of rotatable bonds is 6. The topological polar surface area (TPSA) is 35.2 Å². The Morgan fingerprint density at radius 2 is 2.06 bits per heavy atom. The Morgan fingerprint density at radius 3 is 2.62 bits per heavy atom. The van der Waals surface area contributed by atoms with Crippen molar-refractivity contribution in [2.75, 3.05) is 5.73 Å². The summed E-state index contributed by atoms with van der Waals surface area (Å²) in [6.45, 7) is 6.40. The average Bonchev–Trinajstić information content (AvgIpc) is 2.27. The molecule has 0 fully saturated rings. The second kappa shape index (κ2) is 6.41. The Morgan fingerprint density at radius 1 is 1.31 bits per heavy atom. The number of unbranched alkanes of at least 4 members (excludes halogenated alkanes) is 1. The third-order valence-electron chi connectivity index (χ3n) is 2.79. The zero-order chi connectivity index (χ0) is 12.0. The van der Waals surface area contributed by atoms with Crippen LogP contribution in [0.15, 0.2) is 18.2 Å². The molecule has 1 aromatic carbocycles. The Hall–Kier alpha value is -1.18. The van der Waals surface area contributed by atoms with Crippen molar-refractivity contribution in [1.29, 1.82) is 0 Å². The van der Waals surface area contributed by atoms with Crippen LogP contribution >= 0.6 is 0 Å². The average molecular weight is 221 g/mol. The lowest BCUT2D eigenvalue weighted by Crippen LogP contribution is -2.15. The lowest BCUT2D eigenvalue weighted by atomic mass is 10.1. The first-order valence-electron chi connectivity index (χ1n) is 6.20. The molecule has 1 unspecified atom stereocenters. The highest BCUT2D eigenvalue weighted by molar-refractivity contribution is 5.54. The van der Waals surface area contributed by atoms with Crippen molar-refractivity contribution in [2.24, 2.45) is 0 Å². The zero-order valence-corrected chi connectivity index (χ0v) is 10.6. The van der Waals surface area contributed by atoms with E-state index in [-0.39, 0.29) is 0 Å². The Kier molecular flexibility index (Phi) is 5.17. The van der Waals surface area contributed by atoms with E-state index < -0.39 is 0 Å². The number of nitrogen functional groups attached to an aromatic ring is 1. The highest BCUT2D eigenvalue weighted by Crippen LogP contribution is 2.25. The van der Waals surface area contributed by atoms with Crippen molar-refractivity contribution in [1.82, 2.24) is 0 Å². The molecule has 0 aliphatic rings. The third kappa shape index (κ3) is 3.76. The number of hydrogen-bond acceptors (Lipinski definition) is 2. The van der Waals surface area contributed by atoms with Crippen LogP contribution in [-0.2, 0) is 0 Å². The molecular formula is C14H23NO. The van der Waals surface area contributed by atoms with Crippen LogP contribution in [0.25, 0.3) is 0 Å². The minimum absolute atomic E-state index is 0.296. The van der Waals surface area contributed by atoms with Gasteiger partial charge in [0.15, 0.2) is 0 Å². The highest BCUT2D eigenvalue weighted by Gasteiger charge is 2.09. The summed E-state index contributed by atoms with van der Waals surface area (Å²) in [5, 5.41) is 0. The van der Waals surface area contributed by atoms with Gasteiger partial charge >= 0.3 is 0 Å². The minimum atomic E-state index is 0.296. The fraction of sp³-hybridized carbons (Fsp3) is 0.571. The monoisotopic (exact) mass is 221 g/mol. The summed E-state index contributed by atoms with van der Waals surface area (Å²) >= 11 is 0. The third-order valence-corrected chi connectivity index (χ3v) is 2.79. The minimum Gasteiger partial charge on any atom is -0.488 e. The molecule has 0 spiro atoms. The molecule has 1 rings (SSSR count). The van der Waals surface area contributed by atoms with Crippen LogP contribution < -0.4 is 10.5 Å². The van der Waals surface area contributed by atoms with Gasteiger partial charge < -0.3 is 10.5 Å². The molecule has 1 atom stereocenters. The Bertz CT molecular complexity index is 323. The van der Waals surface area contributed by atoms with Gasteiger partial charge in [-0.05, 0) is 37.5 Å². The smallest absolute Gasteiger partial charge is 0.142 e. The lowest BCUT2D eigenvalue weighted by Gasteiger charge is -2.18. The first-order chi connectivity index (χ1) is 7.67. The summed E-state index contributed by atoms with van der Waals surface area (Å²) in [7, 11) is 0. The standard InChI is InChI=1S/C14H23NO/c1-4-6-7-12(5-2)16-14-9-8-11(3)10-13(14)15/h8-10,12H,4-7,15H2,1-3H3. The molecule has 0 heterocycles. The lowest BCUT2D eigenvalue weighted by molar-refractivity contribution is 0.184. The van der Waals surface area contributed by atoms with E-state index in [1.54, 1.807) is 0 Å².